The minimum absolute atomic E-state index is 0.312. The van der Waals surface area contributed by atoms with Gasteiger partial charge in [-0.25, -0.2) is 4.79 Å². The molecule has 2 aromatic carbocycles. The Balaban J connectivity index is 1.66. The summed E-state index contributed by atoms with van der Waals surface area (Å²) in [5, 5.41) is 11.6. The van der Waals surface area contributed by atoms with Gasteiger partial charge in [-0.05, 0) is 43.0 Å². The number of benzene rings is 2. The fourth-order valence-corrected chi connectivity index (χ4v) is 4.40. The zero-order valence-electron chi connectivity index (χ0n) is 18.6. The molecule has 0 radical (unpaired) electrons. The molecule has 8 nitrogen and oxygen atoms in total. The molecule has 3 atom stereocenters. The molecule has 3 rings (SSSR count). The van der Waals surface area contributed by atoms with E-state index in [0.717, 1.165) is 11.1 Å². The highest BCUT2D eigenvalue weighted by Crippen LogP contribution is 2.40. The molecule has 2 N–H and O–H groups in total. The van der Waals surface area contributed by atoms with Crippen molar-refractivity contribution in [3.05, 3.63) is 59.7 Å². The predicted molar refractivity (Wildman–Crippen MR) is 126 cm³/mol. The Kier molecular flexibility index (Phi) is 8.21. The third-order valence-electron chi connectivity index (χ3n) is 5.76. The molecule has 1 fully saturated rings. The van der Waals surface area contributed by atoms with Gasteiger partial charge in [0.2, 0.25) is 11.8 Å². The molecule has 2 amide bonds. The summed E-state index contributed by atoms with van der Waals surface area (Å²) in [7, 11) is 3.11. The van der Waals surface area contributed by atoms with Crippen molar-refractivity contribution in [2.75, 3.05) is 20.8 Å². The van der Waals surface area contributed by atoms with Crippen LogP contribution >= 0.6 is 12.6 Å². The number of aliphatic carboxylic acids is 1. The lowest BCUT2D eigenvalue weighted by molar-refractivity contribution is -0.149. The highest BCUT2D eigenvalue weighted by atomic mass is 32.1. The Morgan fingerprint density at radius 3 is 2.42 bits per heavy atom. The predicted octanol–water partition coefficient (Wildman–Crippen LogP) is 2.48. The number of carbonyl (C=O) groups excluding carboxylic acids is 2. The van der Waals surface area contributed by atoms with Crippen molar-refractivity contribution < 1.29 is 29.0 Å². The van der Waals surface area contributed by atoms with Crippen molar-refractivity contribution in [3.8, 4) is 11.5 Å². The monoisotopic (exact) mass is 472 g/mol. The quantitative estimate of drug-likeness (QED) is 0.485. The van der Waals surface area contributed by atoms with Crippen LogP contribution in [0.15, 0.2) is 48.5 Å². The number of nitrogens with zero attached hydrogens (tertiary/aromatic N) is 1. The van der Waals surface area contributed by atoms with Crippen LogP contribution in [-0.2, 0) is 20.8 Å². The second-order valence-electron chi connectivity index (χ2n) is 7.78. The minimum Gasteiger partial charge on any atom is -0.497 e. The van der Waals surface area contributed by atoms with Gasteiger partial charge in [0.05, 0.1) is 32.1 Å². The number of carboxylic acids is 1. The molecule has 1 aliphatic rings. The van der Waals surface area contributed by atoms with Gasteiger partial charge in [0.1, 0.15) is 17.5 Å². The average Bonchev–Trinajstić information content (AvgIpc) is 3.28. The Morgan fingerprint density at radius 2 is 1.79 bits per heavy atom. The van der Waals surface area contributed by atoms with E-state index >= 15 is 0 Å². The number of thiol groups is 1. The lowest BCUT2D eigenvalue weighted by Gasteiger charge is -2.29. The second-order valence-corrected chi connectivity index (χ2v) is 8.40. The molecule has 0 aliphatic carbocycles. The van der Waals surface area contributed by atoms with Crippen LogP contribution in [0.1, 0.15) is 30.0 Å². The average molecular weight is 473 g/mol. The van der Waals surface area contributed by atoms with Gasteiger partial charge < -0.3 is 24.8 Å². The van der Waals surface area contributed by atoms with Gasteiger partial charge in [0, 0.05) is 5.56 Å². The molecule has 2 aromatic rings. The minimum atomic E-state index is -1.07. The normalized spacial score (nSPS) is 18.5. The van der Waals surface area contributed by atoms with Gasteiger partial charge in [-0.2, -0.15) is 12.6 Å². The zero-order chi connectivity index (χ0) is 24.0. The van der Waals surface area contributed by atoms with Gasteiger partial charge in [0.25, 0.3) is 0 Å². The molecule has 0 saturated carbocycles. The molecule has 1 aliphatic heterocycles. The van der Waals surface area contributed by atoms with E-state index in [-0.39, 0.29) is 6.54 Å². The first-order valence-corrected chi connectivity index (χ1v) is 11.1. The molecule has 33 heavy (non-hydrogen) atoms. The number of carboxylic acid groups (broad SMARTS) is 1. The smallest absolute Gasteiger partial charge is 0.326 e. The Labute approximate surface area is 198 Å². The number of rotatable bonds is 9. The van der Waals surface area contributed by atoms with Gasteiger partial charge in [0.15, 0.2) is 0 Å². The van der Waals surface area contributed by atoms with E-state index in [1.54, 1.807) is 25.3 Å². The molecule has 176 valence electrons. The first-order valence-electron chi connectivity index (χ1n) is 10.6. The first-order chi connectivity index (χ1) is 15.8. The highest BCUT2D eigenvalue weighted by Gasteiger charge is 2.42. The molecular weight excluding hydrogens is 444 g/mol. The van der Waals surface area contributed by atoms with E-state index in [9.17, 15) is 19.5 Å². The maximum Gasteiger partial charge on any atom is 0.326 e. The summed E-state index contributed by atoms with van der Waals surface area (Å²) >= 11 is 4.37. The van der Waals surface area contributed by atoms with E-state index in [0.29, 0.717) is 30.8 Å². The second kappa shape index (κ2) is 11.1. The summed E-state index contributed by atoms with van der Waals surface area (Å²) < 4.78 is 10.5. The van der Waals surface area contributed by atoms with Crippen LogP contribution in [-0.4, -0.2) is 59.8 Å². The first kappa shape index (κ1) is 24.4. The maximum absolute atomic E-state index is 13.1. The fraction of sp³-hybridized carbons (Fsp3) is 0.375. The summed E-state index contributed by atoms with van der Waals surface area (Å²) in [5.74, 6) is -0.631. The molecule has 0 aromatic heterocycles. The van der Waals surface area contributed by atoms with Crippen LogP contribution in [0.5, 0.6) is 11.5 Å². The molecular formula is C24H28N2O6S. The van der Waals surface area contributed by atoms with E-state index < -0.39 is 35.1 Å². The fourth-order valence-electron chi connectivity index (χ4n) is 4.10. The number of amides is 2. The lowest BCUT2D eigenvalue weighted by Crippen LogP contribution is -2.47. The third kappa shape index (κ3) is 5.78. The number of hydrogen-bond acceptors (Lipinski definition) is 6. The number of hydrogen-bond donors (Lipinski definition) is 3. The molecule has 1 saturated heterocycles. The van der Waals surface area contributed by atoms with Crippen molar-refractivity contribution in [1.82, 2.24) is 10.2 Å². The Morgan fingerprint density at radius 1 is 1.09 bits per heavy atom. The van der Waals surface area contributed by atoms with Crippen molar-refractivity contribution in [3.63, 3.8) is 0 Å². The summed E-state index contributed by atoms with van der Waals surface area (Å²) in [4.78, 5) is 38.8. The topological polar surface area (TPSA) is 105 Å². The molecule has 1 heterocycles. The van der Waals surface area contributed by atoms with Crippen LogP contribution in [0.25, 0.3) is 0 Å². The third-order valence-corrected chi connectivity index (χ3v) is 6.18. The standard InChI is InChI=1S/C24H28N2O6S/c1-31-16-9-7-15(8-10-16)13-21(33)23(28)25-14-22(27)26-18(11-12-19(26)24(29)30)17-5-3-4-6-20(17)32-2/h3-10,18-19,21,33H,11-14H2,1-2H3,(H,25,28)(H,29,30). The van der Waals surface area contributed by atoms with Crippen LogP contribution in [0.3, 0.4) is 0 Å². The molecule has 3 unspecified atom stereocenters. The van der Waals surface area contributed by atoms with Crippen molar-refractivity contribution >= 4 is 30.4 Å². The van der Waals surface area contributed by atoms with Crippen molar-refractivity contribution in [1.29, 1.82) is 0 Å². The number of nitrogens with one attached hydrogen (secondary N) is 1. The number of carbonyl (C=O) groups is 3. The van der Waals surface area contributed by atoms with E-state index in [2.05, 4.69) is 17.9 Å². The SMILES string of the molecule is COc1ccc(CC(S)C(=O)NCC(=O)N2C(C(=O)O)CCC2c2ccccc2OC)cc1. The molecule has 9 heteroatoms. The largest absolute Gasteiger partial charge is 0.497 e. The van der Waals surface area contributed by atoms with Crippen LogP contribution < -0.4 is 14.8 Å². The number of ether oxygens (including phenoxy) is 2. The van der Waals surface area contributed by atoms with Crippen LogP contribution in [0, 0.1) is 0 Å². The van der Waals surface area contributed by atoms with E-state index in [4.69, 9.17) is 9.47 Å². The summed E-state index contributed by atoms with van der Waals surface area (Å²) in [6.07, 6.45) is 1.19. The van der Waals surface area contributed by atoms with Gasteiger partial charge in [-0.1, -0.05) is 30.3 Å². The number of methoxy groups -OCH3 is 2. The van der Waals surface area contributed by atoms with Gasteiger partial charge in [-0.15, -0.1) is 0 Å². The molecule has 0 bridgehead atoms. The van der Waals surface area contributed by atoms with Crippen molar-refractivity contribution in [2.45, 2.75) is 36.6 Å². The number of likely N-dealkylation sites (tertiary alicyclic amines) is 1. The van der Waals surface area contributed by atoms with Crippen LogP contribution in [0.4, 0.5) is 0 Å². The zero-order valence-corrected chi connectivity index (χ0v) is 19.5. The Hall–Kier alpha value is -3.20. The van der Waals surface area contributed by atoms with Gasteiger partial charge in [-0.3, -0.25) is 9.59 Å². The highest BCUT2D eigenvalue weighted by molar-refractivity contribution is 7.81. The number of para-hydroxylation sites is 1. The Bertz CT molecular complexity index is 997. The van der Waals surface area contributed by atoms with E-state index in [1.165, 1.54) is 12.0 Å². The van der Waals surface area contributed by atoms with E-state index in [1.807, 2.05) is 30.3 Å². The maximum atomic E-state index is 13.1. The van der Waals surface area contributed by atoms with Crippen molar-refractivity contribution in [2.24, 2.45) is 0 Å². The summed E-state index contributed by atoms with van der Waals surface area (Å²) in [6, 6.07) is 13.1. The summed E-state index contributed by atoms with van der Waals surface area (Å²) in [5.41, 5.74) is 1.65. The van der Waals surface area contributed by atoms with Gasteiger partial charge >= 0.3 is 5.97 Å². The molecule has 0 spiro atoms. The summed E-state index contributed by atoms with van der Waals surface area (Å²) in [6.45, 7) is -0.312. The lowest BCUT2D eigenvalue weighted by atomic mass is 10.0. The van der Waals surface area contributed by atoms with Crippen LogP contribution in [0.2, 0.25) is 0 Å².